The first kappa shape index (κ1) is 15.4. The van der Waals surface area contributed by atoms with E-state index in [9.17, 15) is 0 Å². The molecule has 21 heavy (non-hydrogen) atoms. The number of piperazine rings is 1. The summed E-state index contributed by atoms with van der Waals surface area (Å²) in [6, 6.07) is 6.18. The first-order valence-corrected chi connectivity index (χ1v) is 8.23. The summed E-state index contributed by atoms with van der Waals surface area (Å²) in [6.45, 7) is 8.35. The van der Waals surface area contributed by atoms with E-state index in [0.717, 1.165) is 51.9 Å². The summed E-state index contributed by atoms with van der Waals surface area (Å²) in [5.41, 5.74) is 0. The standard InChI is InChI=1S/C15H21Cl2N3O/c16-13-2-1-3-14(17)15(13)21-9-8-19-4-6-20(7-5-19)12-10-18-11-12/h1-3,12,18H,4-11H2. The minimum absolute atomic E-state index is 0.574. The van der Waals surface area contributed by atoms with Crippen molar-refractivity contribution >= 4 is 23.2 Å². The average molecular weight is 330 g/mol. The van der Waals surface area contributed by atoms with Crippen LogP contribution in [0.2, 0.25) is 10.0 Å². The molecule has 1 aromatic rings. The van der Waals surface area contributed by atoms with Crippen LogP contribution in [0.5, 0.6) is 5.75 Å². The lowest BCUT2D eigenvalue weighted by atomic mass is 10.1. The Morgan fingerprint density at radius 1 is 1.10 bits per heavy atom. The number of nitrogens with one attached hydrogen (secondary N) is 1. The zero-order valence-corrected chi connectivity index (χ0v) is 13.5. The highest BCUT2D eigenvalue weighted by molar-refractivity contribution is 6.37. The summed E-state index contributed by atoms with van der Waals surface area (Å²) in [4.78, 5) is 5.02. The summed E-state index contributed by atoms with van der Waals surface area (Å²) in [7, 11) is 0. The molecule has 0 saturated carbocycles. The molecule has 2 heterocycles. The molecule has 4 nitrogen and oxygen atoms in total. The highest BCUT2D eigenvalue weighted by Crippen LogP contribution is 2.32. The van der Waals surface area contributed by atoms with Gasteiger partial charge in [-0.25, -0.2) is 0 Å². The van der Waals surface area contributed by atoms with Crippen LogP contribution in [0.15, 0.2) is 18.2 Å². The number of halogens is 2. The van der Waals surface area contributed by atoms with Gasteiger partial charge in [0.1, 0.15) is 6.61 Å². The van der Waals surface area contributed by atoms with Crippen LogP contribution in [0, 0.1) is 0 Å². The van der Waals surface area contributed by atoms with Gasteiger partial charge in [0.2, 0.25) is 0 Å². The Balaban J connectivity index is 1.40. The summed E-state index contributed by atoms with van der Waals surface area (Å²) in [6.07, 6.45) is 0. The fourth-order valence-corrected chi connectivity index (χ4v) is 3.29. The molecular weight excluding hydrogens is 309 g/mol. The highest BCUT2D eigenvalue weighted by atomic mass is 35.5. The van der Waals surface area contributed by atoms with Crippen LogP contribution in [0.4, 0.5) is 0 Å². The third kappa shape index (κ3) is 3.82. The van der Waals surface area contributed by atoms with Gasteiger partial charge in [0.25, 0.3) is 0 Å². The minimum atomic E-state index is 0.574. The summed E-state index contributed by atoms with van der Waals surface area (Å²) >= 11 is 12.2. The average Bonchev–Trinajstić information content (AvgIpc) is 2.42. The summed E-state index contributed by atoms with van der Waals surface area (Å²) < 4.78 is 5.75. The molecule has 6 heteroatoms. The number of nitrogens with zero attached hydrogens (tertiary/aromatic N) is 2. The van der Waals surface area contributed by atoms with Gasteiger partial charge in [0.05, 0.1) is 10.0 Å². The highest BCUT2D eigenvalue weighted by Gasteiger charge is 2.27. The molecular formula is C15H21Cl2N3O. The van der Waals surface area contributed by atoms with Crippen molar-refractivity contribution in [3.63, 3.8) is 0 Å². The monoisotopic (exact) mass is 329 g/mol. The molecule has 0 amide bonds. The lowest BCUT2D eigenvalue weighted by Gasteiger charge is -2.43. The molecule has 0 aliphatic carbocycles. The largest absolute Gasteiger partial charge is 0.489 e. The van der Waals surface area contributed by atoms with Crippen LogP contribution in [0.3, 0.4) is 0 Å². The van der Waals surface area contributed by atoms with E-state index in [2.05, 4.69) is 15.1 Å². The van der Waals surface area contributed by atoms with E-state index in [1.807, 2.05) is 6.07 Å². The van der Waals surface area contributed by atoms with Crippen molar-refractivity contribution in [3.8, 4) is 5.75 Å². The maximum atomic E-state index is 6.09. The summed E-state index contributed by atoms with van der Waals surface area (Å²) in [5.74, 6) is 0.597. The fraction of sp³-hybridized carbons (Fsp3) is 0.600. The molecule has 0 aromatic heterocycles. The van der Waals surface area contributed by atoms with Crippen LogP contribution in [0.25, 0.3) is 0 Å². The van der Waals surface area contributed by atoms with Crippen molar-refractivity contribution < 1.29 is 4.74 Å². The van der Waals surface area contributed by atoms with Crippen LogP contribution in [-0.4, -0.2) is 68.3 Å². The third-order valence-electron chi connectivity index (χ3n) is 4.26. The van der Waals surface area contributed by atoms with Crippen LogP contribution in [0.1, 0.15) is 0 Å². The van der Waals surface area contributed by atoms with Gasteiger partial charge in [-0.1, -0.05) is 29.3 Å². The van der Waals surface area contributed by atoms with E-state index in [4.69, 9.17) is 27.9 Å². The van der Waals surface area contributed by atoms with E-state index in [1.54, 1.807) is 12.1 Å². The Kier molecular flexibility index (Phi) is 5.24. The normalized spacial score (nSPS) is 21.2. The van der Waals surface area contributed by atoms with E-state index in [1.165, 1.54) is 0 Å². The smallest absolute Gasteiger partial charge is 0.156 e. The molecule has 2 fully saturated rings. The molecule has 2 saturated heterocycles. The third-order valence-corrected chi connectivity index (χ3v) is 4.85. The molecule has 0 atom stereocenters. The zero-order valence-electron chi connectivity index (χ0n) is 12.0. The van der Waals surface area contributed by atoms with E-state index in [0.29, 0.717) is 22.4 Å². The molecule has 116 valence electrons. The van der Waals surface area contributed by atoms with Gasteiger partial charge in [0.15, 0.2) is 5.75 Å². The summed E-state index contributed by atoms with van der Waals surface area (Å²) in [5, 5.41) is 4.48. The Labute approximate surface area is 135 Å². The first-order chi connectivity index (χ1) is 10.2. The molecule has 1 aromatic carbocycles. The molecule has 2 aliphatic rings. The van der Waals surface area contributed by atoms with Crippen LogP contribution < -0.4 is 10.1 Å². The second kappa shape index (κ2) is 7.16. The molecule has 0 radical (unpaired) electrons. The number of rotatable bonds is 5. The Morgan fingerprint density at radius 3 is 2.33 bits per heavy atom. The zero-order chi connectivity index (χ0) is 14.7. The van der Waals surface area contributed by atoms with Gasteiger partial charge >= 0.3 is 0 Å². The van der Waals surface area contributed by atoms with Crippen LogP contribution >= 0.6 is 23.2 Å². The van der Waals surface area contributed by atoms with E-state index >= 15 is 0 Å². The first-order valence-electron chi connectivity index (χ1n) is 7.48. The molecule has 0 spiro atoms. The number of hydrogen-bond donors (Lipinski definition) is 1. The van der Waals surface area contributed by atoms with Gasteiger partial charge in [-0.05, 0) is 12.1 Å². The van der Waals surface area contributed by atoms with Gasteiger partial charge in [-0.2, -0.15) is 0 Å². The maximum Gasteiger partial charge on any atom is 0.156 e. The second-order valence-electron chi connectivity index (χ2n) is 5.59. The molecule has 1 N–H and O–H groups in total. The van der Waals surface area contributed by atoms with Gasteiger partial charge in [-0.15, -0.1) is 0 Å². The van der Waals surface area contributed by atoms with Crippen molar-refractivity contribution in [3.05, 3.63) is 28.2 Å². The van der Waals surface area contributed by atoms with Crippen molar-refractivity contribution in [2.24, 2.45) is 0 Å². The maximum absolute atomic E-state index is 6.09. The lowest BCUT2D eigenvalue weighted by Crippen LogP contribution is -2.61. The van der Waals surface area contributed by atoms with E-state index < -0.39 is 0 Å². The number of ether oxygens (including phenoxy) is 1. The van der Waals surface area contributed by atoms with Gasteiger partial charge in [0, 0.05) is 51.9 Å². The van der Waals surface area contributed by atoms with E-state index in [-0.39, 0.29) is 0 Å². The predicted octanol–water partition coefficient (Wildman–Crippen LogP) is 1.96. The van der Waals surface area contributed by atoms with Crippen molar-refractivity contribution in [2.75, 3.05) is 52.4 Å². The Bertz CT molecular complexity index is 454. The predicted molar refractivity (Wildman–Crippen MR) is 86.6 cm³/mol. The van der Waals surface area contributed by atoms with Crippen molar-refractivity contribution in [1.29, 1.82) is 0 Å². The number of para-hydroxylation sites is 1. The van der Waals surface area contributed by atoms with Crippen LogP contribution in [-0.2, 0) is 0 Å². The molecule has 3 rings (SSSR count). The number of benzene rings is 1. The van der Waals surface area contributed by atoms with Gasteiger partial charge < -0.3 is 10.1 Å². The molecule has 0 bridgehead atoms. The SMILES string of the molecule is Clc1cccc(Cl)c1OCCN1CCN(C2CNC2)CC1. The Hall–Kier alpha value is -0.520. The quantitative estimate of drug-likeness (QED) is 0.893. The van der Waals surface area contributed by atoms with Crippen molar-refractivity contribution in [1.82, 2.24) is 15.1 Å². The minimum Gasteiger partial charge on any atom is -0.489 e. The Morgan fingerprint density at radius 2 is 1.76 bits per heavy atom. The second-order valence-corrected chi connectivity index (χ2v) is 6.40. The fourth-order valence-electron chi connectivity index (χ4n) is 2.78. The molecule has 2 aliphatic heterocycles. The van der Waals surface area contributed by atoms with Crippen molar-refractivity contribution in [2.45, 2.75) is 6.04 Å². The van der Waals surface area contributed by atoms with Gasteiger partial charge in [-0.3, -0.25) is 9.80 Å². The molecule has 0 unspecified atom stereocenters. The topological polar surface area (TPSA) is 27.7 Å². The lowest BCUT2D eigenvalue weighted by molar-refractivity contribution is 0.0664. The number of hydrogen-bond acceptors (Lipinski definition) is 4.